The molecule has 0 rings (SSSR count). The molecule has 0 heterocycles. The largest absolute Gasteiger partial charge is 0.393 e. The van der Waals surface area contributed by atoms with Crippen LogP contribution in [0.2, 0.25) is 0 Å². The summed E-state index contributed by atoms with van der Waals surface area (Å²) < 4.78 is 0. The van der Waals surface area contributed by atoms with Crippen LogP contribution in [0.5, 0.6) is 0 Å². The van der Waals surface area contributed by atoms with Crippen molar-refractivity contribution in [3.05, 3.63) is 0 Å². The van der Waals surface area contributed by atoms with Gasteiger partial charge in [0.05, 0.1) is 12.2 Å². The molecule has 134 valence electrons. The van der Waals surface area contributed by atoms with Crippen molar-refractivity contribution in [2.24, 2.45) is 0 Å². The van der Waals surface area contributed by atoms with Crippen LogP contribution in [0.1, 0.15) is 97.8 Å². The molecule has 2 unspecified atom stereocenters. The van der Waals surface area contributed by atoms with Gasteiger partial charge >= 0.3 is 0 Å². The van der Waals surface area contributed by atoms with Gasteiger partial charge in [0, 0.05) is 6.04 Å². The lowest BCUT2D eigenvalue weighted by Gasteiger charge is -2.21. The number of hydrogen-bond donors (Lipinski definition) is 3. The number of rotatable bonds is 16. The van der Waals surface area contributed by atoms with Crippen molar-refractivity contribution in [2.75, 3.05) is 6.54 Å². The van der Waals surface area contributed by atoms with E-state index in [1.165, 1.54) is 64.2 Å². The topological polar surface area (TPSA) is 52.5 Å². The second kappa shape index (κ2) is 15.8. The smallest absolute Gasteiger partial charge is 0.0526 e. The van der Waals surface area contributed by atoms with Gasteiger partial charge in [0.2, 0.25) is 0 Å². The van der Waals surface area contributed by atoms with Crippen LogP contribution >= 0.6 is 0 Å². The van der Waals surface area contributed by atoms with Crippen LogP contribution in [-0.2, 0) is 0 Å². The quantitative estimate of drug-likeness (QED) is 0.370. The van der Waals surface area contributed by atoms with Crippen molar-refractivity contribution < 1.29 is 10.2 Å². The van der Waals surface area contributed by atoms with E-state index in [1.807, 2.05) is 13.8 Å². The third-order valence-electron chi connectivity index (χ3n) is 4.21. The molecule has 0 saturated carbocycles. The third kappa shape index (κ3) is 16.3. The summed E-state index contributed by atoms with van der Waals surface area (Å²) in [4.78, 5) is 0. The van der Waals surface area contributed by atoms with Crippen molar-refractivity contribution >= 4 is 0 Å². The van der Waals surface area contributed by atoms with Crippen molar-refractivity contribution in [3.8, 4) is 0 Å². The summed E-state index contributed by atoms with van der Waals surface area (Å²) in [7, 11) is 0. The predicted octanol–water partition coefficient (Wildman–Crippen LogP) is 4.41. The molecular weight excluding hydrogens is 274 g/mol. The van der Waals surface area contributed by atoms with Gasteiger partial charge in [-0.15, -0.1) is 0 Å². The summed E-state index contributed by atoms with van der Waals surface area (Å²) in [5.41, 5.74) is 0. The molecule has 2 atom stereocenters. The molecule has 0 radical (unpaired) electrons. The maximum Gasteiger partial charge on any atom is 0.0526 e. The maximum atomic E-state index is 9.49. The van der Waals surface area contributed by atoms with Crippen molar-refractivity contribution in [3.63, 3.8) is 0 Å². The van der Waals surface area contributed by atoms with Crippen LogP contribution in [0.4, 0.5) is 0 Å². The Morgan fingerprint density at radius 2 is 1.09 bits per heavy atom. The summed E-state index contributed by atoms with van der Waals surface area (Å²) in [5.74, 6) is 0. The minimum absolute atomic E-state index is 0.235. The Balaban J connectivity index is 3.41. The fraction of sp³-hybridized carbons (Fsp3) is 1.00. The SMILES string of the molecule is CCCCCCCCCCCCNC(CC(C)O)CC(C)O. The highest BCUT2D eigenvalue weighted by Crippen LogP contribution is 2.11. The van der Waals surface area contributed by atoms with E-state index in [1.54, 1.807) is 0 Å². The van der Waals surface area contributed by atoms with Crippen LogP contribution in [-0.4, -0.2) is 35.0 Å². The van der Waals surface area contributed by atoms with Crippen molar-refractivity contribution in [1.82, 2.24) is 5.32 Å². The number of aliphatic hydroxyl groups is 2. The molecule has 0 saturated heterocycles. The minimum atomic E-state index is -0.302. The van der Waals surface area contributed by atoms with E-state index in [0.717, 1.165) is 19.4 Å². The van der Waals surface area contributed by atoms with Gasteiger partial charge in [-0.3, -0.25) is 0 Å². The Hall–Kier alpha value is -0.120. The molecule has 3 heteroatoms. The third-order valence-corrected chi connectivity index (χ3v) is 4.21. The zero-order valence-electron chi connectivity index (χ0n) is 15.3. The molecule has 0 fully saturated rings. The number of hydrogen-bond acceptors (Lipinski definition) is 3. The first-order valence-corrected chi connectivity index (χ1v) is 9.65. The van der Waals surface area contributed by atoms with Gasteiger partial charge in [-0.1, -0.05) is 64.7 Å². The minimum Gasteiger partial charge on any atom is -0.393 e. The number of unbranched alkanes of at least 4 members (excludes halogenated alkanes) is 9. The van der Waals surface area contributed by atoms with Gasteiger partial charge in [0.15, 0.2) is 0 Å². The maximum absolute atomic E-state index is 9.49. The van der Waals surface area contributed by atoms with Gasteiger partial charge in [0.25, 0.3) is 0 Å². The molecule has 0 aliphatic rings. The van der Waals surface area contributed by atoms with E-state index >= 15 is 0 Å². The molecule has 0 bridgehead atoms. The van der Waals surface area contributed by atoms with Gasteiger partial charge in [-0.05, 0) is 39.7 Å². The lowest BCUT2D eigenvalue weighted by molar-refractivity contribution is 0.131. The summed E-state index contributed by atoms with van der Waals surface area (Å²) in [6.45, 7) is 6.90. The molecule has 3 nitrogen and oxygen atoms in total. The monoisotopic (exact) mass is 315 g/mol. The molecule has 0 aliphatic heterocycles. The molecular formula is C19H41NO2. The highest BCUT2D eigenvalue weighted by molar-refractivity contribution is 4.72. The van der Waals surface area contributed by atoms with Crippen LogP contribution in [0.25, 0.3) is 0 Å². The van der Waals surface area contributed by atoms with Crippen LogP contribution < -0.4 is 5.32 Å². The number of aliphatic hydroxyl groups excluding tert-OH is 2. The molecule has 0 aromatic heterocycles. The Bertz CT molecular complexity index is 209. The average Bonchev–Trinajstić information content (AvgIpc) is 2.43. The fourth-order valence-electron chi connectivity index (χ4n) is 3.01. The van der Waals surface area contributed by atoms with Crippen LogP contribution in [0.15, 0.2) is 0 Å². The zero-order chi connectivity index (χ0) is 16.6. The normalized spacial score (nSPS) is 15.7. The zero-order valence-corrected chi connectivity index (χ0v) is 15.3. The Labute approximate surface area is 138 Å². The Morgan fingerprint density at radius 3 is 1.50 bits per heavy atom. The first-order valence-electron chi connectivity index (χ1n) is 9.65. The van der Waals surface area contributed by atoms with Crippen LogP contribution in [0.3, 0.4) is 0 Å². The summed E-state index contributed by atoms with van der Waals surface area (Å²) in [6, 6.07) is 0.235. The highest BCUT2D eigenvalue weighted by atomic mass is 16.3. The Kier molecular flexibility index (Phi) is 15.7. The second-order valence-electron chi connectivity index (χ2n) is 7.00. The Morgan fingerprint density at radius 1 is 0.682 bits per heavy atom. The lowest BCUT2D eigenvalue weighted by atomic mass is 10.0. The second-order valence-corrected chi connectivity index (χ2v) is 7.00. The molecule has 0 amide bonds. The highest BCUT2D eigenvalue weighted by Gasteiger charge is 2.13. The summed E-state index contributed by atoms with van der Waals surface area (Å²) in [6.07, 6.45) is 14.4. The first kappa shape index (κ1) is 21.9. The van der Waals surface area contributed by atoms with E-state index in [2.05, 4.69) is 12.2 Å². The molecule has 22 heavy (non-hydrogen) atoms. The standard InChI is InChI=1S/C19H41NO2/c1-4-5-6-7-8-9-10-11-12-13-14-20-19(15-17(2)21)16-18(3)22/h17-22H,4-16H2,1-3H3. The van der Waals surface area contributed by atoms with E-state index < -0.39 is 0 Å². The van der Waals surface area contributed by atoms with Gasteiger partial charge in [-0.25, -0.2) is 0 Å². The van der Waals surface area contributed by atoms with E-state index in [-0.39, 0.29) is 18.2 Å². The molecule has 0 aliphatic carbocycles. The summed E-state index contributed by atoms with van der Waals surface area (Å²) in [5, 5.41) is 22.5. The summed E-state index contributed by atoms with van der Waals surface area (Å²) >= 11 is 0. The predicted molar refractivity (Wildman–Crippen MR) is 96.2 cm³/mol. The van der Waals surface area contributed by atoms with E-state index in [4.69, 9.17) is 0 Å². The van der Waals surface area contributed by atoms with Gasteiger partial charge < -0.3 is 15.5 Å². The average molecular weight is 316 g/mol. The first-order chi connectivity index (χ1) is 10.6. The van der Waals surface area contributed by atoms with E-state index in [9.17, 15) is 10.2 Å². The molecule has 0 aromatic rings. The number of nitrogens with one attached hydrogen (secondary N) is 1. The molecule has 3 N–H and O–H groups in total. The van der Waals surface area contributed by atoms with Gasteiger partial charge in [-0.2, -0.15) is 0 Å². The van der Waals surface area contributed by atoms with Crippen molar-refractivity contribution in [2.45, 2.75) is 116 Å². The van der Waals surface area contributed by atoms with Crippen molar-refractivity contribution in [1.29, 1.82) is 0 Å². The molecule has 0 aromatic carbocycles. The fourth-order valence-corrected chi connectivity index (χ4v) is 3.01. The lowest BCUT2D eigenvalue weighted by Crippen LogP contribution is -2.35. The van der Waals surface area contributed by atoms with Crippen LogP contribution in [0, 0.1) is 0 Å². The van der Waals surface area contributed by atoms with Gasteiger partial charge in [0.1, 0.15) is 0 Å². The molecule has 0 spiro atoms. The van der Waals surface area contributed by atoms with E-state index in [0.29, 0.717) is 0 Å².